The maximum absolute atomic E-state index is 14.7. The van der Waals surface area contributed by atoms with Crippen LogP contribution in [0.2, 0.25) is 0 Å². The van der Waals surface area contributed by atoms with Crippen LogP contribution in [0.5, 0.6) is 0 Å². The average Bonchev–Trinajstić information content (AvgIpc) is 2.92. The first-order chi connectivity index (χ1) is 19.0. The van der Waals surface area contributed by atoms with Crippen molar-refractivity contribution in [3.63, 3.8) is 0 Å². The quantitative estimate of drug-likeness (QED) is 0.128. The van der Waals surface area contributed by atoms with Gasteiger partial charge in [0.2, 0.25) is 0 Å². The van der Waals surface area contributed by atoms with E-state index in [1.165, 1.54) is 12.1 Å². The lowest BCUT2D eigenvalue weighted by Gasteiger charge is -2.15. The smallest absolute Gasteiger partial charge is 0.399 e. The van der Waals surface area contributed by atoms with Crippen LogP contribution in [0, 0.1) is 5.82 Å². The van der Waals surface area contributed by atoms with Crippen molar-refractivity contribution in [3.8, 4) is 0 Å². The van der Waals surface area contributed by atoms with Crippen molar-refractivity contribution in [2.24, 2.45) is 4.99 Å². The number of unbranched alkanes of at least 4 members (excludes halogenated alkanes) is 1. The molecule has 0 spiro atoms. The first kappa shape index (κ1) is 30.6. The van der Waals surface area contributed by atoms with Gasteiger partial charge in [-0.3, -0.25) is 4.79 Å². The zero-order valence-electron chi connectivity index (χ0n) is 22.4. The fourth-order valence-corrected chi connectivity index (χ4v) is 4.05. The summed E-state index contributed by atoms with van der Waals surface area (Å²) >= 11 is 0. The van der Waals surface area contributed by atoms with E-state index in [-0.39, 0.29) is 24.1 Å². The molecule has 1 atom stereocenters. The summed E-state index contributed by atoms with van der Waals surface area (Å²) in [5.41, 5.74) is 6.45. The number of aliphatic hydroxyl groups is 1. The zero-order valence-corrected chi connectivity index (χ0v) is 22.4. The van der Waals surface area contributed by atoms with Gasteiger partial charge in [-0.15, -0.1) is 0 Å². The summed E-state index contributed by atoms with van der Waals surface area (Å²) in [6.45, 7) is 3.64. The Morgan fingerprint density at radius 3 is 2.38 bits per heavy atom. The van der Waals surface area contributed by atoms with Gasteiger partial charge in [0, 0.05) is 11.3 Å². The van der Waals surface area contributed by atoms with E-state index in [1.54, 1.807) is 49.4 Å². The Bertz CT molecular complexity index is 1370. The summed E-state index contributed by atoms with van der Waals surface area (Å²) in [7, 11) is 0. The van der Waals surface area contributed by atoms with Gasteiger partial charge in [0.15, 0.2) is 0 Å². The van der Waals surface area contributed by atoms with E-state index in [9.17, 15) is 27.5 Å². The van der Waals surface area contributed by atoms with Crippen LogP contribution in [0.1, 0.15) is 62.3 Å². The van der Waals surface area contributed by atoms with E-state index in [4.69, 9.17) is 5.73 Å². The number of carbonyl (C=O) groups is 1. The number of amides is 1. The molecule has 0 radical (unpaired) electrons. The number of alkyl halides is 3. The maximum Gasteiger partial charge on any atom is 0.412 e. The second-order valence-corrected chi connectivity index (χ2v) is 9.45. The highest BCUT2D eigenvalue weighted by atomic mass is 19.4. The third-order valence-electron chi connectivity index (χ3n) is 6.21. The highest BCUT2D eigenvalue weighted by Gasteiger charge is 2.33. The third-order valence-corrected chi connectivity index (χ3v) is 6.21. The van der Waals surface area contributed by atoms with E-state index in [2.05, 4.69) is 10.3 Å². The van der Waals surface area contributed by atoms with Crippen LogP contribution in [0.3, 0.4) is 0 Å². The number of hydrogen-bond acceptors (Lipinski definition) is 4. The van der Waals surface area contributed by atoms with Crippen molar-refractivity contribution in [3.05, 3.63) is 101 Å². The van der Waals surface area contributed by atoms with Crippen molar-refractivity contribution in [2.75, 3.05) is 11.1 Å². The molecule has 212 valence electrons. The molecule has 0 heterocycles. The van der Waals surface area contributed by atoms with Crippen LogP contribution in [-0.2, 0) is 11.2 Å². The number of aryl methyl sites for hydroxylation is 1. The minimum Gasteiger partial charge on any atom is -0.399 e. The topological polar surface area (TPSA) is 87.7 Å². The van der Waals surface area contributed by atoms with Gasteiger partial charge in [-0.1, -0.05) is 57.0 Å². The minimum absolute atomic E-state index is 0.201. The molecule has 0 aromatic heterocycles. The van der Waals surface area contributed by atoms with E-state index in [0.29, 0.717) is 23.0 Å². The SMILES string of the molecule is CCCCc1cccc(N=C(/C=C(\CCC)C(F)(F)F)C(=O)Nc2cc(C(O)c3ccc(N)cc3)ccc2F)c1. The standard InChI is InChI=1S/C31H33F4N3O2/c1-3-5-8-20-9-6-10-25(17-20)37-28(19-23(7-4-2)31(33,34)35)30(40)38-27-18-22(13-16-26(27)32)29(39)21-11-14-24(36)15-12-21/h6,9-19,29,39H,3-5,7-8,36H2,1-2H3,(H,38,40)/b23-19+,37-28?. The van der Waals surface area contributed by atoms with Crippen LogP contribution in [0.25, 0.3) is 0 Å². The number of nitrogen functional groups attached to an aromatic ring is 1. The molecule has 5 nitrogen and oxygen atoms in total. The minimum atomic E-state index is -4.67. The van der Waals surface area contributed by atoms with Crippen LogP contribution < -0.4 is 11.1 Å². The molecule has 0 aliphatic rings. The Balaban J connectivity index is 2.00. The Labute approximate surface area is 231 Å². The Hall–Kier alpha value is -3.98. The van der Waals surface area contributed by atoms with Gasteiger partial charge >= 0.3 is 6.18 Å². The second-order valence-electron chi connectivity index (χ2n) is 9.45. The van der Waals surface area contributed by atoms with Crippen molar-refractivity contribution >= 4 is 28.7 Å². The first-order valence-corrected chi connectivity index (χ1v) is 13.1. The largest absolute Gasteiger partial charge is 0.412 e. The van der Waals surface area contributed by atoms with E-state index < -0.39 is 35.3 Å². The number of allylic oxidation sites excluding steroid dienone is 1. The molecule has 0 aliphatic heterocycles. The number of hydrogen-bond donors (Lipinski definition) is 3. The van der Waals surface area contributed by atoms with Crippen molar-refractivity contribution < 1.29 is 27.5 Å². The lowest BCUT2D eigenvalue weighted by Crippen LogP contribution is -2.24. The van der Waals surface area contributed by atoms with Gasteiger partial charge < -0.3 is 16.2 Å². The van der Waals surface area contributed by atoms with Gasteiger partial charge in [-0.05, 0) is 78.4 Å². The number of rotatable bonds is 11. The fourth-order valence-electron chi connectivity index (χ4n) is 4.05. The molecule has 1 amide bonds. The van der Waals surface area contributed by atoms with Gasteiger partial charge in [0.25, 0.3) is 5.91 Å². The lowest BCUT2D eigenvalue weighted by molar-refractivity contribution is -0.110. The van der Waals surface area contributed by atoms with Crippen molar-refractivity contribution in [1.29, 1.82) is 0 Å². The summed E-state index contributed by atoms with van der Waals surface area (Å²) in [5, 5.41) is 13.1. The number of anilines is 2. The number of carbonyl (C=O) groups excluding carboxylic acids is 1. The second kappa shape index (κ2) is 13.9. The molecule has 0 aliphatic carbocycles. The predicted molar refractivity (Wildman–Crippen MR) is 151 cm³/mol. The number of aliphatic imine (C=N–C) groups is 1. The highest BCUT2D eigenvalue weighted by Crippen LogP contribution is 2.30. The predicted octanol–water partition coefficient (Wildman–Crippen LogP) is 7.83. The molecule has 3 rings (SSSR count). The van der Waals surface area contributed by atoms with Crippen molar-refractivity contribution in [2.45, 2.75) is 58.2 Å². The summed E-state index contributed by atoms with van der Waals surface area (Å²) in [6, 6.07) is 17.0. The number of halogens is 4. The first-order valence-electron chi connectivity index (χ1n) is 13.1. The summed E-state index contributed by atoms with van der Waals surface area (Å²) in [6.07, 6.45) is -2.58. The van der Waals surface area contributed by atoms with Crippen LogP contribution in [0.4, 0.5) is 34.6 Å². The summed E-state index contributed by atoms with van der Waals surface area (Å²) < 4.78 is 56.0. The zero-order chi connectivity index (χ0) is 29.3. The third kappa shape index (κ3) is 8.51. The van der Waals surface area contributed by atoms with E-state index >= 15 is 0 Å². The molecule has 9 heteroatoms. The summed E-state index contributed by atoms with van der Waals surface area (Å²) in [5.74, 6) is -1.84. The monoisotopic (exact) mass is 555 g/mol. The molecule has 3 aromatic rings. The number of benzene rings is 3. The normalized spacial score (nSPS) is 13.3. The fraction of sp³-hybridized carbons (Fsp3) is 0.290. The molecule has 0 saturated carbocycles. The van der Waals surface area contributed by atoms with Crippen LogP contribution in [0.15, 0.2) is 83.4 Å². The molecular weight excluding hydrogens is 522 g/mol. The maximum atomic E-state index is 14.7. The van der Waals surface area contributed by atoms with Crippen LogP contribution >= 0.6 is 0 Å². The Morgan fingerprint density at radius 2 is 1.73 bits per heavy atom. The molecule has 0 saturated heterocycles. The molecule has 3 aromatic carbocycles. The van der Waals surface area contributed by atoms with Gasteiger partial charge in [-0.2, -0.15) is 13.2 Å². The highest BCUT2D eigenvalue weighted by molar-refractivity contribution is 6.47. The van der Waals surface area contributed by atoms with E-state index in [1.807, 2.05) is 13.0 Å². The molecule has 4 N–H and O–H groups in total. The molecular formula is C31H33F4N3O2. The van der Waals surface area contributed by atoms with Gasteiger partial charge in [0.05, 0.1) is 11.4 Å². The summed E-state index contributed by atoms with van der Waals surface area (Å²) in [4.78, 5) is 17.5. The van der Waals surface area contributed by atoms with Gasteiger partial charge in [0.1, 0.15) is 17.6 Å². The van der Waals surface area contributed by atoms with Gasteiger partial charge in [-0.25, -0.2) is 9.38 Å². The number of aliphatic hydroxyl groups excluding tert-OH is 1. The number of nitrogens with one attached hydrogen (secondary N) is 1. The van der Waals surface area contributed by atoms with Crippen LogP contribution in [-0.4, -0.2) is 22.9 Å². The van der Waals surface area contributed by atoms with Crippen molar-refractivity contribution in [1.82, 2.24) is 0 Å². The molecule has 0 fully saturated rings. The average molecular weight is 556 g/mol. The number of nitrogens with zero attached hydrogens (tertiary/aromatic N) is 1. The van der Waals surface area contributed by atoms with E-state index in [0.717, 1.165) is 30.9 Å². The molecule has 1 unspecified atom stereocenters. The molecule has 40 heavy (non-hydrogen) atoms. The Morgan fingerprint density at radius 1 is 1.02 bits per heavy atom. The lowest BCUT2D eigenvalue weighted by atomic mass is 10.0. The molecule has 0 bridgehead atoms. The number of nitrogens with two attached hydrogens (primary N) is 1. The Kier molecular flexibility index (Phi) is 10.6.